The van der Waals surface area contributed by atoms with Crippen molar-refractivity contribution in [3.8, 4) is 0 Å². The second-order valence-electron chi connectivity index (χ2n) is 7.55. The first-order valence-electron chi connectivity index (χ1n) is 10.9. The van der Waals surface area contributed by atoms with Crippen molar-refractivity contribution in [2.75, 3.05) is 13.1 Å². The lowest BCUT2D eigenvalue weighted by atomic mass is 9.99. The van der Waals surface area contributed by atoms with Gasteiger partial charge in [-0.25, -0.2) is 0 Å². The Balaban J connectivity index is 3.11. The molecular weight excluding hydrogens is 292 g/mol. The third-order valence-electron chi connectivity index (χ3n) is 4.97. The summed E-state index contributed by atoms with van der Waals surface area (Å²) in [4.78, 5) is 0. The number of hydrogen-bond donors (Lipinski definition) is 2. The molecule has 0 heterocycles. The maximum atomic E-state index is 5.59. The topological polar surface area (TPSA) is 52.0 Å². The van der Waals surface area contributed by atoms with Gasteiger partial charge in [-0.05, 0) is 57.5 Å². The van der Waals surface area contributed by atoms with Gasteiger partial charge < -0.3 is 11.5 Å². The summed E-state index contributed by atoms with van der Waals surface area (Å²) in [6, 6.07) is 0. The van der Waals surface area contributed by atoms with E-state index in [0.717, 1.165) is 19.0 Å². The molecule has 24 heavy (non-hydrogen) atoms. The van der Waals surface area contributed by atoms with Gasteiger partial charge in [0.2, 0.25) is 0 Å². The molecule has 0 saturated carbocycles. The molecule has 2 nitrogen and oxygen atoms in total. The van der Waals surface area contributed by atoms with Gasteiger partial charge in [0.05, 0.1) is 0 Å². The van der Waals surface area contributed by atoms with Gasteiger partial charge in [-0.1, -0.05) is 83.3 Å². The molecule has 0 aliphatic carbocycles. The maximum absolute atomic E-state index is 5.59. The zero-order chi connectivity index (χ0) is 17.7. The molecule has 1 atom stereocenters. The molecule has 2 heteroatoms. The van der Waals surface area contributed by atoms with Crippen LogP contribution in [0.4, 0.5) is 0 Å². The van der Waals surface area contributed by atoms with Crippen LogP contribution in [0.3, 0.4) is 0 Å². The van der Waals surface area contributed by atoms with Crippen molar-refractivity contribution >= 4 is 0 Å². The van der Waals surface area contributed by atoms with Gasteiger partial charge in [0.1, 0.15) is 0 Å². The van der Waals surface area contributed by atoms with Crippen LogP contribution in [0.2, 0.25) is 0 Å². The Morgan fingerprint density at radius 2 is 1.00 bits per heavy atom. The predicted octanol–water partition coefficient (Wildman–Crippen LogP) is 6.34. The van der Waals surface area contributed by atoms with Crippen LogP contribution >= 0.6 is 0 Å². The predicted molar refractivity (Wildman–Crippen MR) is 110 cm³/mol. The number of allylic oxidation sites excluding steroid dienone is 2. The molecule has 0 aromatic heterocycles. The average molecular weight is 339 g/mol. The molecule has 0 rings (SSSR count). The van der Waals surface area contributed by atoms with Crippen LogP contribution in [-0.4, -0.2) is 13.1 Å². The summed E-state index contributed by atoms with van der Waals surface area (Å²) in [5.41, 5.74) is 11.1. The first kappa shape index (κ1) is 23.7. The van der Waals surface area contributed by atoms with E-state index in [2.05, 4.69) is 19.1 Å². The van der Waals surface area contributed by atoms with E-state index in [4.69, 9.17) is 11.5 Å². The van der Waals surface area contributed by atoms with Crippen molar-refractivity contribution < 1.29 is 0 Å². The van der Waals surface area contributed by atoms with E-state index in [-0.39, 0.29) is 0 Å². The minimum absolute atomic E-state index is 0.825. The largest absolute Gasteiger partial charge is 0.330 e. The van der Waals surface area contributed by atoms with Gasteiger partial charge >= 0.3 is 0 Å². The fourth-order valence-electron chi connectivity index (χ4n) is 3.24. The highest BCUT2D eigenvalue weighted by atomic mass is 14.5. The zero-order valence-electron chi connectivity index (χ0n) is 16.6. The normalized spacial score (nSPS) is 13.0. The lowest BCUT2D eigenvalue weighted by Gasteiger charge is -2.08. The van der Waals surface area contributed by atoms with Gasteiger partial charge in [0.15, 0.2) is 0 Å². The van der Waals surface area contributed by atoms with Gasteiger partial charge in [-0.15, -0.1) is 0 Å². The molecule has 0 aromatic rings. The van der Waals surface area contributed by atoms with Crippen LogP contribution in [-0.2, 0) is 0 Å². The molecule has 0 aliphatic rings. The number of rotatable bonds is 19. The minimum atomic E-state index is 0.825. The van der Waals surface area contributed by atoms with Crippen LogP contribution in [0.1, 0.15) is 110 Å². The van der Waals surface area contributed by atoms with E-state index in [9.17, 15) is 0 Å². The molecule has 0 fully saturated rings. The fraction of sp³-hybridized carbons (Fsp3) is 0.909. The molecular formula is C22H46N2. The number of unbranched alkanes of at least 4 members (excludes halogenated alkanes) is 12. The van der Waals surface area contributed by atoms with E-state index < -0.39 is 0 Å². The van der Waals surface area contributed by atoms with Crippen molar-refractivity contribution in [1.82, 2.24) is 0 Å². The van der Waals surface area contributed by atoms with Crippen LogP contribution in [0.5, 0.6) is 0 Å². The van der Waals surface area contributed by atoms with Crippen molar-refractivity contribution in [3.05, 3.63) is 12.2 Å². The Kier molecular flexibility index (Phi) is 20.4. The Morgan fingerprint density at radius 1 is 0.542 bits per heavy atom. The Bertz CT molecular complexity index is 250. The highest BCUT2D eigenvalue weighted by Crippen LogP contribution is 2.14. The molecule has 4 N–H and O–H groups in total. The summed E-state index contributed by atoms with van der Waals surface area (Å²) in [6.45, 7) is 4.04. The zero-order valence-corrected chi connectivity index (χ0v) is 16.6. The quantitative estimate of drug-likeness (QED) is 0.213. The summed E-state index contributed by atoms with van der Waals surface area (Å²) in [5, 5.41) is 0. The highest BCUT2D eigenvalue weighted by molar-refractivity contribution is 4.81. The van der Waals surface area contributed by atoms with Crippen LogP contribution in [0, 0.1) is 5.92 Å². The van der Waals surface area contributed by atoms with Crippen LogP contribution < -0.4 is 11.5 Å². The van der Waals surface area contributed by atoms with Gasteiger partial charge in [-0.3, -0.25) is 0 Å². The van der Waals surface area contributed by atoms with Crippen LogP contribution in [0.15, 0.2) is 12.2 Å². The van der Waals surface area contributed by atoms with E-state index in [0.29, 0.717) is 0 Å². The maximum Gasteiger partial charge on any atom is -0.00747 e. The third-order valence-corrected chi connectivity index (χ3v) is 4.97. The Morgan fingerprint density at radius 3 is 1.50 bits per heavy atom. The lowest BCUT2D eigenvalue weighted by molar-refractivity contribution is 0.460. The first-order valence-corrected chi connectivity index (χ1v) is 10.9. The second kappa shape index (κ2) is 20.7. The van der Waals surface area contributed by atoms with Crippen LogP contribution in [0.25, 0.3) is 0 Å². The van der Waals surface area contributed by atoms with E-state index in [1.807, 2.05) is 0 Å². The van der Waals surface area contributed by atoms with Crippen molar-refractivity contribution in [2.45, 2.75) is 110 Å². The number of hydrogen-bond acceptors (Lipinski definition) is 2. The summed E-state index contributed by atoms with van der Waals surface area (Å²) in [7, 11) is 0. The van der Waals surface area contributed by atoms with Crippen molar-refractivity contribution in [2.24, 2.45) is 17.4 Å². The van der Waals surface area contributed by atoms with Crippen molar-refractivity contribution in [3.63, 3.8) is 0 Å². The summed E-state index contributed by atoms with van der Waals surface area (Å²) in [5.74, 6) is 0.825. The molecule has 0 amide bonds. The van der Waals surface area contributed by atoms with E-state index in [1.165, 1.54) is 103 Å². The molecule has 1 unspecified atom stereocenters. The first-order chi connectivity index (χ1) is 11.8. The molecule has 0 aliphatic heterocycles. The van der Waals surface area contributed by atoms with Gasteiger partial charge in [0.25, 0.3) is 0 Å². The Hall–Kier alpha value is -0.340. The van der Waals surface area contributed by atoms with Gasteiger partial charge in [0, 0.05) is 0 Å². The molecule has 0 saturated heterocycles. The summed E-state index contributed by atoms with van der Waals surface area (Å²) < 4.78 is 0. The molecule has 0 aromatic carbocycles. The monoisotopic (exact) mass is 338 g/mol. The summed E-state index contributed by atoms with van der Waals surface area (Å²) in [6.07, 6.45) is 26.4. The van der Waals surface area contributed by atoms with E-state index >= 15 is 0 Å². The number of nitrogens with two attached hydrogens (primary N) is 2. The third kappa shape index (κ3) is 19.7. The van der Waals surface area contributed by atoms with E-state index in [1.54, 1.807) is 0 Å². The average Bonchev–Trinajstić information content (AvgIpc) is 2.58. The SMILES string of the molecule is CC(CCN)CCCCCCCC/C=C\CCCCCCCCN. The highest BCUT2D eigenvalue weighted by Gasteiger charge is 1.99. The summed E-state index contributed by atoms with van der Waals surface area (Å²) >= 11 is 0. The van der Waals surface area contributed by atoms with Crippen molar-refractivity contribution in [1.29, 1.82) is 0 Å². The molecule has 0 spiro atoms. The molecule has 0 radical (unpaired) electrons. The van der Waals surface area contributed by atoms with Gasteiger partial charge in [-0.2, -0.15) is 0 Å². The second-order valence-corrected chi connectivity index (χ2v) is 7.55. The molecule has 144 valence electrons. The minimum Gasteiger partial charge on any atom is -0.330 e. The fourth-order valence-corrected chi connectivity index (χ4v) is 3.24. The lowest BCUT2D eigenvalue weighted by Crippen LogP contribution is -2.05. The smallest absolute Gasteiger partial charge is 0.00747 e. The molecule has 0 bridgehead atoms. The Labute approximate surface area is 152 Å². The standard InChI is InChI=1S/C22H46N2/c1-22(19-21-24)18-16-14-12-10-8-6-4-2-3-5-7-9-11-13-15-17-20-23/h2-3,22H,4-21,23-24H2,1H3/b3-2-.